The fourth-order valence-electron chi connectivity index (χ4n) is 1.62. The summed E-state index contributed by atoms with van der Waals surface area (Å²) in [6.07, 6.45) is 2.44. The van der Waals surface area contributed by atoms with Crippen molar-refractivity contribution in [3.05, 3.63) is 42.2 Å². The fourth-order valence-corrected chi connectivity index (χ4v) is 1.62. The molecule has 0 aliphatic carbocycles. The van der Waals surface area contributed by atoms with E-state index in [2.05, 4.69) is 29.4 Å². The number of rotatable bonds is 5. The van der Waals surface area contributed by atoms with Gasteiger partial charge in [0.2, 0.25) is 0 Å². The van der Waals surface area contributed by atoms with Gasteiger partial charge in [0.15, 0.2) is 5.69 Å². The van der Waals surface area contributed by atoms with Crippen LogP contribution in [0.3, 0.4) is 0 Å². The van der Waals surface area contributed by atoms with Gasteiger partial charge >= 0.3 is 0 Å². The highest BCUT2D eigenvalue weighted by Crippen LogP contribution is 2.04. The van der Waals surface area contributed by atoms with Gasteiger partial charge in [0, 0.05) is 6.54 Å². The van der Waals surface area contributed by atoms with Crippen LogP contribution < -0.4 is 5.32 Å². The molecular formula is C14H18N4O. The molecule has 100 valence electrons. The third-order valence-corrected chi connectivity index (χ3v) is 2.72. The van der Waals surface area contributed by atoms with Crippen molar-refractivity contribution in [3.8, 4) is 5.69 Å². The Labute approximate surface area is 112 Å². The lowest BCUT2D eigenvalue weighted by Gasteiger charge is -2.05. The molecule has 0 bridgehead atoms. The zero-order valence-electron chi connectivity index (χ0n) is 11.2. The Kier molecular flexibility index (Phi) is 4.28. The summed E-state index contributed by atoms with van der Waals surface area (Å²) < 4.78 is 0. The first-order valence-corrected chi connectivity index (χ1v) is 6.43. The minimum absolute atomic E-state index is 0.178. The maximum atomic E-state index is 11.8. The number of hydrogen-bond acceptors (Lipinski definition) is 3. The van der Waals surface area contributed by atoms with Gasteiger partial charge in [0.1, 0.15) is 0 Å². The second-order valence-corrected chi connectivity index (χ2v) is 4.79. The Hall–Kier alpha value is -2.17. The van der Waals surface area contributed by atoms with Crippen LogP contribution >= 0.6 is 0 Å². The van der Waals surface area contributed by atoms with Gasteiger partial charge < -0.3 is 5.32 Å². The summed E-state index contributed by atoms with van der Waals surface area (Å²) in [6.45, 7) is 4.91. The lowest BCUT2D eigenvalue weighted by Crippen LogP contribution is -2.25. The van der Waals surface area contributed by atoms with Gasteiger partial charge in [-0.2, -0.15) is 9.90 Å². The summed E-state index contributed by atoms with van der Waals surface area (Å²) >= 11 is 0. The number of benzene rings is 1. The molecule has 0 radical (unpaired) electrons. The predicted molar refractivity (Wildman–Crippen MR) is 73.1 cm³/mol. The van der Waals surface area contributed by atoms with Gasteiger partial charge in [-0.1, -0.05) is 32.0 Å². The molecule has 0 fully saturated rings. The summed E-state index contributed by atoms with van der Waals surface area (Å²) in [5, 5.41) is 11.1. The molecule has 5 heteroatoms. The number of carbonyl (C=O) groups excluding carboxylic acids is 1. The summed E-state index contributed by atoms with van der Waals surface area (Å²) in [6, 6.07) is 9.51. The first-order valence-electron chi connectivity index (χ1n) is 6.43. The Morgan fingerprint density at radius 1 is 1.32 bits per heavy atom. The SMILES string of the molecule is CC(C)CCNC(=O)c1cnn(-c2ccccc2)n1. The van der Waals surface area contributed by atoms with Crippen molar-refractivity contribution in [1.29, 1.82) is 0 Å². The van der Waals surface area contributed by atoms with Crippen LogP contribution in [0, 0.1) is 5.92 Å². The Balaban J connectivity index is 1.99. The summed E-state index contributed by atoms with van der Waals surface area (Å²) in [5.41, 5.74) is 1.18. The number of para-hydroxylation sites is 1. The number of aromatic nitrogens is 3. The molecular weight excluding hydrogens is 240 g/mol. The van der Waals surface area contributed by atoms with Crippen LogP contribution in [0.25, 0.3) is 5.69 Å². The molecule has 19 heavy (non-hydrogen) atoms. The third kappa shape index (κ3) is 3.64. The molecule has 0 saturated carbocycles. The van der Waals surface area contributed by atoms with Crippen LogP contribution in [0.4, 0.5) is 0 Å². The van der Waals surface area contributed by atoms with Crippen molar-refractivity contribution in [3.63, 3.8) is 0 Å². The molecule has 1 heterocycles. The van der Waals surface area contributed by atoms with Crippen LogP contribution in [-0.4, -0.2) is 27.4 Å². The number of carbonyl (C=O) groups is 1. The largest absolute Gasteiger partial charge is 0.351 e. The van der Waals surface area contributed by atoms with Crippen molar-refractivity contribution >= 4 is 5.91 Å². The van der Waals surface area contributed by atoms with Crippen LogP contribution in [0.5, 0.6) is 0 Å². The van der Waals surface area contributed by atoms with E-state index in [1.165, 1.54) is 11.0 Å². The molecule has 5 nitrogen and oxygen atoms in total. The van der Waals surface area contributed by atoms with Crippen molar-refractivity contribution in [1.82, 2.24) is 20.3 Å². The van der Waals surface area contributed by atoms with E-state index in [1.807, 2.05) is 30.3 Å². The van der Waals surface area contributed by atoms with E-state index in [1.54, 1.807) is 0 Å². The summed E-state index contributed by atoms with van der Waals surface area (Å²) in [4.78, 5) is 13.3. The van der Waals surface area contributed by atoms with E-state index in [4.69, 9.17) is 0 Å². The van der Waals surface area contributed by atoms with Crippen LogP contribution in [0.2, 0.25) is 0 Å². The lowest BCUT2D eigenvalue weighted by molar-refractivity contribution is 0.0946. The monoisotopic (exact) mass is 258 g/mol. The van der Waals surface area contributed by atoms with Crippen molar-refractivity contribution in [2.24, 2.45) is 5.92 Å². The zero-order chi connectivity index (χ0) is 13.7. The molecule has 1 aromatic carbocycles. The van der Waals surface area contributed by atoms with E-state index in [9.17, 15) is 4.79 Å². The first-order chi connectivity index (χ1) is 9.16. The molecule has 1 N–H and O–H groups in total. The maximum Gasteiger partial charge on any atom is 0.273 e. The molecule has 0 atom stereocenters. The van der Waals surface area contributed by atoms with Gasteiger partial charge in [-0.05, 0) is 24.5 Å². The van der Waals surface area contributed by atoms with Crippen LogP contribution in [-0.2, 0) is 0 Å². The molecule has 0 unspecified atom stereocenters. The molecule has 0 aliphatic heterocycles. The molecule has 0 saturated heterocycles. The predicted octanol–water partition coefficient (Wildman–Crippen LogP) is 2.04. The smallest absolute Gasteiger partial charge is 0.273 e. The average Bonchev–Trinajstić information content (AvgIpc) is 2.89. The normalized spacial score (nSPS) is 10.7. The highest BCUT2D eigenvalue weighted by atomic mass is 16.2. The van der Waals surface area contributed by atoms with Crippen LogP contribution in [0.1, 0.15) is 30.8 Å². The minimum Gasteiger partial charge on any atom is -0.351 e. The van der Waals surface area contributed by atoms with E-state index >= 15 is 0 Å². The fraction of sp³-hybridized carbons (Fsp3) is 0.357. The third-order valence-electron chi connectivity index (χ3n) is 2.72. The number of hydrogen-bond donors (Lipinski definition) is 1. The first kappa shape index (κ1) is 13.3. The number of nitrogens with zero attached hydrogens (tertiary/aromatic N) is 3. The summed E-state index contributed by atoms with van der Waals surface area (Å²) in [5.74, 6) is 0.392. The van der Waals surface area contributed by atoms with E-state index < -0.39 is 0 Å². The maximum absolute atomic E-state index is 11.8. The van der Waals surface area contributed by atoms with Gasteiger partial charge in [-0.15, -0.1) is 5.10 Å². The molecule has 2 rings (SSSR count). The standard InChI is InChI=1S/C14H18N4O/c1-11(2)8-9-15-14(19)13-10-16-18(17-13)12-6-4-3-5-7-12/h3-7,10-11H,8-9H2,1-2H3,(H,15,19). The van der Waals surface area contributed by atoms with E-state index in [0.717, 1.165) is 12.1 Å². The lowest BCUT2D eigenvalue weighted by atomic mass is 10.1. The van der Waals surface area contributed by atoms with Crippen molar-refractivity contribution in [2.45, 2.75) is 20.3 Å². The Morgan fingerprint density at radius 3 is 2.74 bits per heavy atom. The van der Waals surface area contributed by atoms with Crippen LogP contribution in [0.15, 0.2) is 36.5 Å². The van der Waals surface area contributed by atoms with Gasteiger partial charge in [0.25, 0.3) is 5.91 Å². The minimum atomic E-state index is -0.178. The zero-order valence-corrected chi connectivity index (χ0v) is 11.2. The average molecular weight is 258 g/mol. The Morgan fingerprint density at radius 2 is 2.05 bits per heavy atom. The van der Waals surface area contributed by atoms with Crippen molar-refractivity contribution in [2.75, 3.05) is 6.54 Å². The highest BCUT2D eigenvalue weighted by molar-refractivity contribution is 5.91. The molecule has 1 amide bonds. The Bertz CT molecular complexity index is 533. The molecule has 0 aliphatic rings. The molecule has 2 aromatic rings. The van der Waals surface area contributed by atoms with Gasteiger partial charge in [-0.25, -0.2) is 0 Å². The van der Waals surface area contributed by atoms with E-state index in [-0.39, 0.29) is 5.91 Å². The molecule has 1 aromatic heterocycles. The number of amides is 1. The topological polar surface area (TPSA) is 59.8 Å². The van der Waals surface area contributed by atoms with Crippen molar-refractivity contribution < 1.29 is 4.79 Å². The summed E-state index contributed by atoms with van der Waals surface area (Å²) in [7, 11) is 0. The number of nitrogens with one attached hydrogen (secondary N) is 1. The van der Waals surface area contributed by atoms with Gasteiger partial charge in [-0.3, -0.25) is 4.79 Å². The quantitative estimate of drug-likeness (QED) is 0.892. The second-order valence-electron chi connectivity index (χ2n) is 4.79. The van der Waals surface area contributed by atoms with Gasteiger partial charge in [0.05, 0.1) is 11.9 Å². The molecule has 0 spiro atoms. The van der Waals surface area contributed by atoms with E-state index in [0.29, 0.717) is 18.2 Å². The highest BCUT2D eigenvalue weighted by Gasteiger charge is 2.10. The second kappa shape index (κ2) is 6.13.